The van der Waals surface area contributed by atoms with Crippen molar-refractivity contribution < 1.29 is 4.74 Å². The summed E-state index contributed by atoms with van der Waals surface area (Å²) >= 11 is 0. The van der Waals surface area contributed by atoms with Crippen LogP contribution in [0.2, 0.25) is 0 Å². The Bertz CT molecular complexity index is 364. The number of ether oxygens (including phenoxy) is 1. The van der Waals surface area contributed by atoms with Gasteiger partial charge in [-0.05, 0) is 24.3 Å². The number of allylic oxidation sites excluding steroid dienone is 1. The Morgan fingerprint density at radius 3 is 2.92 bits per heavy atom. The summed E-state index contributed by atoms with van der Waals surface area (Å²) in [4.78, 5) is 0. The molecule has 0 atom stereocenters. The van der Waals surface area contributed by atoms with E-state index in [0.717, 1.165) is 11.3 Å². The molecule has 0 heterocycles. The van der Waals surface area contributed by atoms with Gasteiger partial charge in [-0.2, -0.15) is 5.26 Å². The van der Waals surface area contributed by atoms with Gasteiger partial charge in [-0.1, -0.05) is 0 Å². The second kappa shape index (κ2) is 4.17. The molecule has 1 aromatic rings. The third-order valence-electron chi connectivity index (χ3n) is 1.63. The minimum absolute atomic E-state index is 0.632. The van der Waals surface area contributed by atoms with Gasteiger partial charge in [-0.3, -0.25) is 0 Å². The zero-order valence-corrected chi connectivity index (χ0v) is 7.32. The molecule has 0 aliphatic rings. The van der Waals surface area contributed by atoms with Gasteiger partial charge >= 0.3 is 0 Å². The van der Waals surface area contributed by atoms with Crippen LogP contribution in [-0.2, 0) is 0 Å². The smallest absolute Gasteiger partial charge is 0.119 e. The molecule has 0 radical (unpaired) electrons. The van der Waals surface area contributed by atoms with E-state index in [-0.39, 0.29) is 0 Å². The van der Waals surface area contributed by atoms with Crippen molar-refractivity contribution in [2.24, 2.45) is 0 Å². The number of nitrogens with zero attached hydrogens (tertiary/aromatic N) is 1. The molecule has 0 aliphatic carbocycles. The molecule has 0 aliphatic heterocycles. The molecule has 2 N–H and O–H groups in total. The molecule has 3 heteroatoms. The fourth-order valence-electron chi connectivity index (χ4n) is 0.951. The predicted octanol–water partition coefficient (Wildman–Crippen LogP) is 1.81. The Morgan fingerprint density at radius 2 is 2.31 bits per heavy atom. The molecule has 0 unspecified atom stereocenters. The standard InChI is InChI=1S/C10H10N2O/c1-13-9-4-5-10(12)8(7-9)3-2-6-11/h2-5,7H,12H2,1H3/b3-2+. The predicted molar refractivity (Wildman–Crippen MR) is 52.1 cm³/mol. The maximum Gasteiger partial charge on any atom is 0.119 e. The van der Waals surface area contributed by atoms with Crippen LogP contribution in [0.15, 0.2) is 24.3 Å². The number of benzene rings is 1. The van der Waals surface area contributed by atoms with Gasteiger partial charge < -0.3 is 10.5 Å². The van der Waals surface area contributed by atoms with Crippen molar-refractivity contribution in [1.29, 1.82) is 5.26 Å². The number of hydrogen-bond acceptors (Lipinski definition) is 3. The van der Waals surface area contributed by atoms with Gasteiger partial charge in [0.2, 0.25) is 0 Å². The molecule has 1 rings (SSSR count). The number of nitrogens with two attached hydrogens (primary N) is 1. The maximum absolute atomic E-state index is 8.34. The summed E-state index contributed by atoms with van der Waals surface area (Å²) in [5.41, 5.74) is 7.09. The van der Waals surface area contributed by atoms with Crippen LogP contribution < -0.4 is 10.5 Å². The quantitative estimate of drug-likeness (QED) is 0.549. The summed E-state index contributed by atoms with van der Waals surface area (Å²) in [5, 5.41) is 8.34. The summed E-state index contributed by atoms with van der Waals surface area (Å²) in [5.74, 6) is 0.729. The molecule has 3 nitrogen and oxygen atoms in total. The Labute approximate surface area is 77.0 Å². The van der Waals surface area contributed by atoms with Gasteiger partial charge in [-0.15, -0.1) is 0 Å². The van der Waals surface area contributed by atoms with Crippen molar-refractivity contribution in [3.8, 4) is 11.8 Å². The number of rotatable bonds is 2. The van der Waals surface area contributed by atoms with Gasteiger partial charge in [0, 0.05) is 17.3 Å². The molecule has 0 spiro atoms. The number of nitriles is 1. The van der Waals surface area contributed by atoms with Gasteiger partial charge in [0.05, 0.1) is 13.2 Å². The molecular formula is C10H10N2O. The van der Waals surface area contributed by atoms with E-state index in [1.54, 1.807) is 31.4 Å². The summed E-state index contributed by atoms with van der Waals surface area (Å²) in [6.45, 7) is 0. The lowest BCUT2D eigenvalue weighted by Gasteiger charge is -2.03. The highest BCUT2D eigenvalue weighted by atomic mass is 16.5. The topological polar surface area (TPSA) is 59.0 Å². The first-order valence-corrected chi connectivity index (χ1v) is 3.77. The van der Waals surface area contributed by atoms with Crippen LogP contribution in [0.3, 0.4) is 0 Å². The molecular weight excluding hydrogens is 164 g/mol. The molecule has 0 fully saturated rings. The highest BCUT2D eigenvalue weighted by Gasteiger charge is 1.96. The Hall–Kier alpha value is -1.95. The summed E-state index contributed by atoms with van der Waals surface area (Å²) in [7, 11) is 1.59. The Morgan fingerprint density at radius 1 is 1.54 bits per heavy atom. The second-order valence-electron chi connectivity index (χ2n) is 2.46. The SMILES string of the molecule is COc1ccc(N)c(/C=C/C#N)c1. The molecule has 0 aromatic heterocycles. The Balaban J connectivity index is 3.05. The van der Waals surface area contributed by atoms with Gasteiger partial charge in [0.15, 0.2) is 0 Å². The van der Waals surface area contributed by atoms with Crippen molar-refractivity contribution in [3.63, 3.8) is 0 Å². The number of nitrogen functional groups attached to an aromatic ring is 1. The van der Waals surface area contributed by atoms with Crippen LogP contribution in [0.4, 0.5) is 5.69 Å². The van der Waals surface area contributed by atoms with Crippen molar-refractivity contribution in [3.05, 3.63) is 29.8 Å². The van der Waals surface area contributed by atoms with Crippen LogP contribution in [0.1, 0.15) is 5.56 Å². The van der Waals surface area contributed by atoms with Gasteiger partial charge in [0.25, 0.3) is 0 Å². The lowest BCUT2D eigenvalue weighted by atomic mass is 10.1. The van der Waals surface area contributed by atoms with Gasteiger partial charge in [0.1, 0.15) is 5.75 Å². The van der Waals surface area contributed by atoms with Crippen LogP contribution in [0.5, 0.6) is 5.75 Å². The summed E-state index contributed by atoms with van der Waals surface area (Å²) < 4.78 is 5.02. The van der Waals surface area contributed by atoms with Crippen molar-refractivity contribution in [2.75, 3.05) is 12.8 Å². The number of hydrogen-bond donors (Lipinski definition) is 1. The van der Waals surface area contributed by atoms with E-state index in [0.29, 0.717) is 5.69 Å². The first kappa shape index (κ1) is 9.14. The zero-order valence-electron chi connectivity index (χ0n) is 7.32. The fourth-order valence-corrected chi connectivity index (χ4v) is 0.951. The van der Waals surface area contributed by atoms with E-state index >= 15 is 0 Å². The van der Waals surface area contributed by atoms with Crippen molar-refractivity contribution in [2.45, 2.75) is 0 Å². The molecule has 0 saturated carbocycles. The normalized spacial score (nSPS) is 9.85. The average molecular weight is 174 g/mol. The van der Waals surface area contributed by atoms with E-state index in [4.69, 9.17) is 15.7 Å². The third-order valence-corrected chi connectivity index (χ3v) is 1.63. The monoisotopic (exact) mass is 174 g/mol. The Kier molecular flexibility index (Phi) is 2.93. The largest absolute Gasteiger partial charge is 0.497 e. The average Bonchev–Trinajstić information content (AvgIpc) is 2.17. The molecule has 0 bridgehead atoms. The number of methoxy groups -OCH3 is 1. The summed E-state index contributed by atoms with van der Waals surface area (Å²) in [6, 6.07) is 7.21. The molecule has 13 heavy (non-hydrogen) atoms. The molecule has 66 valence electrons. The van der Waals surface area contributed by atoms with E-state index in [1.807, 2.05) is 6.07 Å². The zero-order chi connectivity index (χ0) is 9.68. The maximum atomic E-state index is 8.34. The number of anilines is 1. The third kappa shape index (κ3) is 2.24. The van der Waals surface area contributed by atoms with Crippen molar-refractivity contribution in [1.82, 2.24) is 0 Å². The van der Waals surface area contributed by atoms with E-state index in [9.17, 15) is 0 Å². The fraction of sp³-hybridized carbons (Fsp3) is 0.100. The van der Waals surface area contributed by atoms with E-state index < -0.39 is 0 Å². The molecule has 0 saturated heterocycles. The van der Waals surface area contributed by atoms with Crippen molar-refractivity contribution >= 4 is 11.8 Å². The van der Waals surface area contributed by atoms with Crippen LogP contribution >= 0.6 is 0 Å². The van der Waals surface area contributed by atoms with E-state index in [2.05, 4.69) is 0 Å². The minimum Gasteiger partial charge on any atom is -0.497 e. The van der Waals surface area contributed by atoms with Gasteiger partial charge in [-0.25, -0.2) is 0 Å². The highest BCUT2D eigenvalue weighted by molar-refractivity contribution is 5.67. The lowest BCUT2D eigenvalue weighted by Crippen LogP contribution is -1.90. The van der Waals surface area contributed by atoms with Crippen LogP contribution in [0.25, 0.3) is 6.08 Å². The van der Waals surface area contributed by atoms with Crippen LogP contribution in [0, 0.1) is 11.3 Å². The van der Waals surface area contributed by atoms with E-state index in [1.165, 1.54) is 6.08 Å². The second-order valence-corrected chi connectivity index (χ2v) is 2.46. The first-order valence-electron chi connectivity index (χ1n) is 3.77. The first-order chi connectivity index (χ1) is 6.27. The summed E-state index contributed by atoms with van der Waals surface area (Å²) in [6.07, 6.45) is 3.03. The van der Waals surface area contributed by atoms with Crippen LogP contribution in [-0.4, -0.2) is 7.11 Å². The molecule has 1 aromatic carbocycles. The minimum atomic E-state index is 0.632. The molecule has 0 amide bonds. The highest BCUT2D eigenvalue weighted by Crippen LogP contribution is 2.20. The lowest BCUT2D eigenvalue weighted by molar-refractivity contribution is 0.415.